The molecular formula is C14H23FN5S2+. The summed E-state index contributed by atoms with van der Waals surface area (Å²) in [6.45, 7) is 2.41. The molecule has 1 aromatic rings. The van der Waals surface area contributed by atoms with Gasteiger partial charge in [-0.25, -0.2) is 4.39 Å². The second-order valence-corrected chi connectivity index (χ2v) is 5.94. The topological polar surface area (TPSA) is 52.6 Å². The Labute approximate surface area is 141 Å². The van der Waals surface area contributed by atoms with Gasteiger partial charge in [-0.05, 0) is 42.1 Å². The van der Waals surface area contributed by atoms with Gasteiger partial charge in [0.25, 0.3) is 0 Å². The number of hydrogen-bond acceptors (Lipinski definition) is 2. The summed E-state index contributed by atoms with van der Waals surface area (Å²) in [6.07, 6.45) is 1.04. The van der Waals surface area contributed by atoms with E-state index in [4.69, 9.17) is 24.4 Å². The molecular weight excluding hydrogens is 321 g/mol. The van der Waals surface area contributed by atoms with E-state index in [1.165, 1.54) is 17.0 Å². The van der Waals surface area contributed by atoms with Crippen molar-refractivity contribution in [2.45, 2.75) is 13.0 Å². The molecule has 8 heteroatoms. The van der Waals surface area contributed by atoms with Crippen molar-refractivity contribution in [1.82, 2.24) is 21.5 Å². The Morgan fingerprint density at radius 1 is 1.05 bits per heavy atom. The third-order valence-corrected chi connectivity index (χ3v) is 3.29. The molecule has 0 aliphatic rings. The minimum atomic E-state index is -0.251. The fourth-order valence-corrected chi connectivity index (χ4v) is 1.91. The molecule has 5 N–H and O–H groups in total. The van der Waals surface area contributed by atoms with E-state index in [0.29, 0.717) is 16.8 Å². The lowest BCUT2D eigenvalue weighted by atomic mass is 10.2. The highest BCUT2D eigenvalue weighted by Crippen LogP contribution is 2.01. The third-order valence-electron chi connectivity index (χ3n) is 2.79. The third kappa shape index (κ3) is 8.71. The largest absolute Gasteiger partial charge is 0.361 e. The van der Waals surface area contributed by atoms with E-state index in [0.717, 1.165) is 25.1 Å². The first-order valence-corrected chi connectivity index (χ1v) is 7.90. The van der Waals surface area contributed by atoms with Crippen molar-refractivity contribution < 1.29 is 9.29 Å². The van der Waals surface area contributed by atoms with Crippen molar-refractivity contribution in [3.05, 3.63) is 35.6 Å². The van der Waals surface area contributed by atoms with Gasteiger partial charge in [-0.3, -0.25) is 10.9 Å². The standard InChI is InChI=1S/C14H22FN5S2/c1-20(2)9-3-8-16-13(21)18-19-14(22)17-10-11-4-6-12(15)7-5-11/h4-7H,3,8-10H2,1-2H3,(H2,16,18,21)(H2,17,19,22)/p+1. The molecule has 1 aromatic carbocycles. The zero-order valence-electron chi connectivity index (χ0n) is 12.8. The van der Waals surface area contributed by atoms with Gasteiger partial charge in [-0.1, -0.05) is 12.1 Å². The van der Waals surface area contributed by atoms with E-state index in [1.54, 1.807) is 12.1 Å². The summed E-state index contributed by atoms with van der Waals surface area (Å²) in [4.78, 5) is 1.41. The lowest BCUT2D eigenvalue weighted by Gasteiger charge is -2.14. The molecule has 0 fully saturated rings. The molecule has 0 bridgehead atoms. The van der Waals surface area contributed by atoms with Crippen LogP contribution in [0.5, 0.6) is 0 Å². The van der Waals surface area contributed by atoms with Crippen LogP contribution in [-0.4, -0.2) is 37.4 Å². The molecule has 0 saturated heterocycles. The highest BCUT2D eigenvalue weighted by Gasteiger charge is 1.99. The molecule has 122 valence electrons. The second kappa shape index (κ2) is 10.3. The van der Waals surface area contributed by atoms with Crippen LogP contribution in [0.25, 0.3) is 0 Å². The van der Waals surface area contributed by atoms with Gasteiger partial charge < -0.3 is 15.5 Å². The monoisotopic (exact) mass is 344 g/mol. The lowest BCUT2D eigenvalue weighted by Crippen LogP contribution is -3.05. The second-order valence-electron chi connectivity index (χ2n) is 5.13. The lowest BCUT2D eigenvalue weighted by molar-refractivity contribution is -0.858. The first kappa shape index (κ1) is 18.5. The van der Waals surface area contributed by atoms with Crippen LogP contribution in [0.15, 0.2) is 24.3 Å². The fourth-order valence-electron chi connectivity index (χ4n) is 1.63. The maximum atomic E-state index is 12.8. The highest BCUT2D eigenvalue weighted by atomic mass is 32.1. The van der Waals surface area contributed by atoms with Crippen molar-refractivity contribution in [2.75, 3.05) is 27.2 Å². The molecule has 1 rings (SSSR count). The number of benzene rings is 1. The summed E-state index contributed by atoms with van der Waals surface area (Å²) in [5.74, 6) is -0.251. The zero-order chi connectivity index (χ0) is 16.4. The van der Waals surface area contributed by atoms with E-state index in [2.05, 4.69) is 35.6 Å². The molecule has 0 aromatic heterocycles. The van der Waals surface area contributed by atoms with Crippen molar-refractivity contribution in [3.63, 3.8) is 0 Å². The van der Waals surface area contributed by atoms with Crippen LogP contribution in [0, 0.1) is 5.82 Å². The predicted molar refractivity (Wildman–Crippen MR) is 95.0 cm³/mol. The highest BCUT2D eigenvalue weighted by molar-refractivity contribution is 7.80. The minimum absolute atomic E-state index is 0.251. The van der Waals surface area contributed by atoms with Gasteiger partial charge >= 0.3 is 0 Å². The summed E-state index contributed by atoms with van der Waals surface area (Å²) >= 11 is 10.2. The van der Waals surface area contributed by atoms with E-state index in [1.807, 2.05) is 0 Å². The van der Waals surface area contributed by atoms with Crippen molar-refractivity contribution >= 4 is 34.7 Å². The van der Waals surface area contributed by atoms with Crippen LogP contribution in [0.4, 0.5) is 4.39 Å². The Balaban J connectivity index is 2.12. The summed E-state index contributed by atoms with van der Waals surface area (Å²) in [5.41, 5.74) is 6.56. The average molecular weight is 345 g/mol. The Morgan fingerprint density at radius 3 is 2.23 bits per heavy atom. The predicted octanol–water partition coefficient (Wildman–Crippen LogP) is -0.296. The number of rotatable bonds is 6. The molecule has 22 heavy (non-hydrogen) atoms. The smallest absolute Gasteiger partial charge is 0.185 e. The van der Waals surface area contributed by atoms with Crippen LogP contribution >= 0.6 is 24.4 Å². The molecule has 0 radical (unpaired) electrons. The van der Waals surface area contributed by atoms with Crippen molar-refractivity contribution in [1.29, 1.82) is 0 Å². The fraction of sp³-hybridized carbons (Fsp3) is 0.429. The molecule has 0 aliphatic carbocycles. The SMILES string of the molecule is C[NH+](C)CCCNC(=S)NNC(=S)NCc1ccc(F)cc1. The van der Waals surface area contributed by atoms with Gasteiger partial charge in [0.15, 0.2) is 10.2 Å². The molecule has 5 nitrogen and oxygen atoms in total. The van der Waals surface area contributed by atoms with Gasteiger partial charge in [0, 0.05) is 19.5 Å². The summed E-state index contributed by atoms with van der Waals surface area (Å²) in [7, 11) is 4.23. The number of quaternary nitrogens is 1. The van der Waals surface area contributed by atoms with E-state index < -0.39 is 0 Å². The summed E-state index contributed by atoms with van der Waals surface area (Å²) in [6, 6.07) is 6.25. The number of hydrazine groups is 1. The molecule has 0 heterocycles. The van der Waals surface area contributed by atoms with Gasteiger partial charge in [0.1, 0.15) is 5.82 Å². The van der Waals surface area contributed by atoms with Gasteiger partial charge in [0.05, 0.1) is 20.6 Å². The minimum Gasteiger partial charge on any atom is -0.361 e. The first-order valence-electron chi connectivity index (χ1n) is 7.08. The van der Waals surface area contributed by atoms with Crippen LogP contribution in [-0.2, 0) is 6.54 Å². The molecule has 0 saturated carbocycles. The van der Waals surface area contributed by atoms with Gasteiger partial charge in [0.2, 0.25) is 0 Å². The van der Waals surface area contributed by atoms with Crippen molar-refractivity contribution in [2.24, 2.45) is 0 Å². The molecule has 0 atom stereocenters. The molecule has 0 amide bonds. The van der Waals surface area contributed by atoms with Gasteiger partial charge in [-0.15, -0.1) is 0 Å². The summed E-state index contributed by atoms with van der Waals surface area (Å²) < 4.78 is 12.8. The molecule has 0 aliphatic heterocycles. The Kier molecular flexibility index (Phi) is 8.64. The Bertz CT molecular complexity index is 479. The first-order chi connectivity index (χ1) is 10.5. The normalized spacial score (nSPS) is 10.2. The van der Waals surface area contributed by atoms with Crippen molar-refractivity contribution in [3.8, 4) is 0 Å². The molecule has 0 unspecified atom stereocenters. The summed E-state index contributed by atoms with van der Waals surface area (Å²) in [5, 5.41) is 7.01. The quantitative estimate of drug-likeness (QED) is 0.278. The van der Waals surface area contributed by atoms with Crippen LogP contribution < -0.4 is 26.4 Å². The maximum absolute atomic E-state index is 12.8. The average Bonchev–Trinajstić information content (AvgIpc) is 2.48. The zero-order valence-corrected chi connectivity index (χ0v) is 14.5. The van der Waals surface area contributed by atoms with Crippen LogP contribution in [0.2, 0.25) is 0 Å². The van der Waals surface area contributed by atoms with E-state index >= 15 is 0 Å². The Hall–Kier alpha value is -1.51. The maximum Gasteiger partial charge on any atom is 0.185 e. The van der Waals surface area contributed by atoms with Crippen LogP contribution in [0.1, 0.15) is 12.0 Å². The number of thiocarbonyl (C=S) groups is 2. The Morgan fingerprint density at radius 2 is 1.64 bits per heavy atom. The van der Waals surface area contributed by atoms with E-state index in [9.17, 15) is 4.39 Å². The number of halogens is 1. The molecule has 0 spiro atoms. The van der Waals surface area contributed by atoms with E-state index in [-0.39, 0.29) is 5.82 Å². The van der Waals surface area contributed by atoms with Gasteiger partial charge in [-0.2, -0.15) is 0 Å². The van der Waals surface area contributed by atoms with Crippen LogP contribution in [0.3, 0.4) is 0 Å². The number of nitrogens with one attached hydrogen (secondary N) is 5. The number of hydrogen-bond donors (Lipinski definition) is 5.